The van der Waals surface area contributed by atoms with Gasteiger partial charge >= 0.3 is 6.09 Å². The van der Waals surface area contributed by atoms with Crippen molar-refractivity contribution in [3.63, 3.8) is 0 Å². The maximum atomic E-state index is 13.3. The molecule has 2 aromatic heterocycles. The highest BCUT2D eigenvalue weighted by Crippen LogP contribution is 2.35. The molecule has 1 unspecified atom stereocenters. The quantitative estimate of drug-likeness (QED) is 0.595. The van der Waals surface area contributed by atoms with Crippen LogP contribution in [0.15, 0.2) is 67.0 Å². The first-order valence-electron chi connectivity index (χ1n) is 10.9. The van der Waals surface area contributed by atoms with E-state index in [1.54, 1.807) is 40.4 Å². The van der Waals surface area contributed by atoms with Gasteiger partial charge in [-0.3, -0.25) is 14.7 Å². The molecule has 0 N–H and O–H groups in total. The summed E-state index contributed by atoms with van der Waals surface area (Å²) in [7, 11) is 0. The number of nitrogens with zero attached hydrogens (tertiary/aromatic N) is 4. The van der Waals surface area contributed by atoms with Gasteiger partial charge in [-0.25, -0.2) is 9.78 Å². The standard InChI is InChI=1S/C25H24N4O4/c1-18-9-10-20(14-27-18)32-22-21(8-5-12-26-22)23(30)28-13-11-25(16-28)17-29(24(31)33-25)15-19-6-3-2-4-7-19/h2-10,12,14H,11,13,15-17H2,1H3. The molecule has 8 heteroatoms. The van der Waals surface area contributed by atoms with Crippen molar-refractivity contribution >= 4 is 12.0 Å². The number of ether oxygens (including phenoxy) is 2. The zero-order chi connectivity index (χ0) is 22.8. The number of carbonyl (C=O) groups excluding carboxylic acids is 2. The Morgan fingerprint density at radius 2 is 1.94 bits per heavy atom. The Labute approximate surface area is 191 Å². The van der Waals surface area contributed by atoms with E-state index >= 15 is 0 Å². The Morgan fingerprint density at radius 3 is 2.73 bits per heavy atom. The zero-order valence-corrected chi connectivity index (χ0v) is 18.3. The van der Waals surface area contributed by atoms with Gasteiger partial charge in [0.05, 0.1) is 19.3 Å². The molecule has 168 valence electrons. The number of pyridine rings is 2. The summed E-state index contributed by atoms with van der Waals surface area (Å²) in [6.45, 7) is 3.66. The highest BCUT2D eigenvalue weighted by molar-refractivity contribution is 5.96. The van der Waals surface area contributed by atoms with Gasteiger partial charge in [-0.1, -0.05) is 30.3 Å². The third-order valence-electron chi connectivity index (χ3n) is 5.96. The fourth-order valence-corrected chi connectivity index (χ4v) is 4.28. The van der Waals surface area contributed by atoms with E-state index in [0.29, 0.717) is 43.9 Å². The third-order valence-corrected chi connectivity index (χ3v) is 5.96. The van der Waals surface area contributed by atoms with Gasteiger partial charge in [0.1, 0.15) is 11.3 Å². The first-order chi connectivity index (χ1) is 16.0. The van der Waals surface area contributed by atoms with E-state index in [4.69, 9.17) is 9.47 Å². The molecule has 2 saturated heterocycles. The number of aromatic nitrogens is 2. The molecule has 0 saturated carbocycles. The van der Waals surface area contributed by atoms with Crippen LogP contribution in [-0.2, 0) is 11.3 Å². The lowest BCUT2D eigenvalue weighted by Crippen LogP contribution is -2.39. The summed E-state index contributed by atoms with van der Waals surface area (Å²) in [5, 5.41) is 0. The Balaban J connectivity index is 1.29. The average molecular weight is 444 g/mol. The highest BCUT2D eigenvalue weighted by Gasteiger charge is 2.50. The first kappa shape index (κ1) is 20.9. The molecule has 2 aliphatic heterocycles. The van der Waals surface area contributed by atoms with Gasteiger partial charge in [-0.15, -0.1) is 0 Å². The lowest BCUT2D eigenvalue weighted by Gasteiger charge is -2.22. The van der Waals surface area contributed by atoms with Crippen LogP contribution in [0.5, 0.6) is 11.6 Å². The van der Waals surface area contributed by atoms with Crippen molar-refractivity contribution in [3.05, 3.63) is 83.8 Å². The van der Waals surface area contributed by atoms with Crippen molar-refractivity contribution < 1.29 is 19.1 Å². The fourth-order valence-electron chi connectivity index (χ4n) is 4.28. The van der Waals surface area contributed by atoms with Gasteiger partial charge in [0.15, 0.2) is 5.60 Å². The molecule has 0 radical (unpaired) electrons. The van der Waals surface area contributed by atoms with E-state index < -0.39 is 5.60 Å². The van der Waals surface area contributed by atoms with Crippen LogP contribution in [0.25, 0.3) is 0 Å². The van der Waals surface area contributed by atoms with Crippen molar-refractivity contribution in [1.29, 1.82) is 0 Å². The maximum Gasteiger partial charge on any atom is 0.410 e. The van der Waals surface area contributed by atoms with Crippen LogP contribution in [0.1, 0.15) is 28.0 Å². The van der Waals surface area contributed by atoms with Crippen LogP contribution in [0.3, 0.4) is 0 Å². The molecule has 2 amide bonds. The van der Waals surface area contributed by atoms with Crippen LogP contribution >= 0.6 is 0 Å². The molecule has 1 spiro atoms. The molecular weight excluding hydrogens is 420 g/mol. The normalized spacial score (nSPS) is 19.7. The molecule has 8 nitrogen and oxygen atoms in total. The Morgan fingerprint density at radius 1 is 1.09 bits per heavy atom. The number of carbonyl (C=O) groups is 2. The van der Waals surface area contributed by atoms with Crippen molar-refractivity contribution in [2.75, 3.05) is 19.6 Å². The van der Waals surface area contributed by atoms with Crippen molar-refractivity contribution in [3.8, 4) is 11.6 Å². The second-order valence-corrected chi connectivity index (χ2v) is 8.46. The summed E-state index contributed by atoms with van der Waals surface area (Å²) < 4.78 is 11.6. The molecule has 0 aliphatic carbocycles. The summed E-state index contributed by atoms with van der Waals surface area (Å²) in [5.74, 6) is 0.531. The molecule has 1 atom stereocenters. The maximum absolute atomic E-state index is 13.3. The number of aryl methyl sites for hydroxylation is 1. The van der Waals surface area contributed by atoms with E-state index in [-0.39, 0.29) is 17.9 Å². The minimum atomic E-state index is -0.689. The second kappa shape index (κ2) is 8.54. The molecular formula is C25H24N4O4. The summed E-state index contributed by atoms with van der Waals surface area (Å²) in [6.07, 6.45) is 3.43. The Hall–Kier alpha value is -3.94. The molecule has 5 rings (SSSR count). The molecule has 3 aromatic rings. The van der Waals surface area contributed by atoms with E-state index in [2.05, 4.69) is 9.97 Å². The van der Waals surface area contributed by atoms with Crippen LogP contribution in [0, 0.1) is 6.92 Å². The lowest BCUT2D eigenvalue weighted by atomic mass is 10.0. The smallest absolute Gasteiger partial charge is 0.410 e. The van der Waals surface area contributed by atoms with Gasteiger partial charge in [0.25, 0.3) is 5.91 Å². The number of amides is 2. The van der Waals surface area contributed by atoms with E-state index in [9.17, 15) is 9.59 Å². The Bertz CT molecular complexity index is 1170. The predicted molar refractivity (Wildman–Crippen MR) is 120 cm³/mol. The summed E-state index contributed by atoms with van der Waals surface area (Å²) in [4.78, 5) is 37.8. The largest absolute Gasteiger partial charge is 0.439 e. The fraction of sp³-hybridized carbons (Fsp3) is 0.280. The van der Waals surface area contributed by atoms with Gasteiger partial charge < -0.3 is 14.4 Å². The highest BCUT2D eigenvalue weighted by atomic mass is 16.6. The van der Waals surface area contributed by atoms with E-state index in [1.807, 2.05) is 43.3 Å². The monoisotopic (exact) mass is 444 g/mol. The van der Waals surface area contributed by atoms with Crippen LogP contribution in [0.2, 0.25) is 0 Å². The number of rotatable bonds is 5. The summed E-state index contributed by atoms with van der Waals surface area (Å²) in [5.41, 5.74) is 1.58. The lowest BCUT2D eigenvalue weighted by molar-refractivity contribution is 0.0551. The number of likely N-dealkylation sites (tertiary alicyclic amines) is 1. The average Bonchev–Trinajstić information content (AvgIpc) is 3.38. The minimum Gasteiger partial charge on any atom is -0.439 e. The van der Waals surface area contributed by atoms with Crippen LogP contribution in [-0.4, -0.2) is 57.0 Å². The van der Waals surface area contributed by atoms with Crippen molar-refractivity contribution in [1.82, 2.24) is 19.8 Å². The predicted octanol–water partition coefficient (Wildman–Crippen LogP) is 3.81. The minimum absolute atomic E-state index is 0.201. The Kier molecular flexibility index (Phi) is 5.42. The van der Waals surface area contributed by atoms with Gasteiger partial charge in [0, 0.05) is 31.4 Å². The van der Waals surface area contributed by atoms with E-state index in [1.165, 1.54) is 0 Å². The molecule has 33 heavy (non-hydrogen) atoms. The summed E-state index contributed by atoms with van der Waals surface area (Å²) in [6, 6.07) is 16.8. The number of hydrogen-bond donors (Lipinski definition) is 0. The molecule has 0 bridgehead atoms. The van der Waals surface area contributed by atoms with Crippen LogP contribution < -0.4 is 4.74 Å². The topological polar surface area (TPSA) is 84.9 Å². The third kappa shape index (κ3) is 4.37. The van der Waals surface area contributed by atoms with Gasteiger partial charge in [-0.05, 0) is 36.8 Å². The molecule has 2 aliphatic rings. The number of hydrogen-bond acceptors (Lipinski definition) is 6. The van der Waals surface area contributed by atoms with E-state index in [0.717, 1.165) is 11.3 Å². The second-order valence-electron chi connectivity index (χ2n) is 8.46. The SMILES string of the molecule is Cc1ccc(Oc2ncccc2C(=O)N2CCC3(CN(Cc4ccccc4)C(=O)O3)C2)cn1. The molecule has 1 aromatic carbocycles. The first-order valence-corrected chi connectivity index (χ1v) is 10.9. The summed E-state index contributed by atoms with van der Waals surface area (Å²) >= 11 is 0. The van der Waals surface area contributed by atoms with Crippen molar-refractivity contribution in [2.45, 2.75) is 25.5 Å². The van der Waals surface area contributed by atoms with Crippen LogP contribution in [0.4, 0.5) is 4.79 Å². The number of benzene rings is 1. The van der Waals surface area contributed by atoms with Gasteiger partial charge in [0.2, 0.25) is 5.88 Å². The molecule has 2 fully saturated rings. The zero-order valence-electron chi connectivity index (χ0n) is 18.3. The van der Waals surface area contributed by atoms with Crippen molar-refractivity contribution in [2.24, 2.45) is 0 Å². The van der Waals surface area contributed by atoms with Gasteiger partial charge in [-0.2, -0.15) is 0 Å². The molecule has 4 heterocycles.